The Bertz CT molecular complexity index is 969. The van der Waals surface area contributed by atoms with E-state index in [1.807, 2.05) is 36.4 Å². The average Bonchev–Trinajstić information content (AvgIpc) is 2.73. The number of hydrogen-bond donors (Lipinski definition) is 2. The summed E-state index contributed by atoms with van der Waals surface area (Å²) in [6, 6.07) is 18.4. The second-order valence-corrected chi connectivity index (χ2v) is 6.91. The summed E-state index contributed by atoms with van der Waals surface area (Å²) in [7, 11) is 0. The molecule has 0 radical (unpaired) electrons. The van der Waals surface area contributed by atoms with Crippen molar-refractivity contribution < 1.29 is 9.59 Å². The monoisotopic (exact) mass is 435 g/mol. The summed E-state index contributed by atoms with van der Waals surface area (Å²) >= 11 is 3.38. The molecule has 1 aromatic heterocycles. The zero-order chi connectivity index (χ0) is 19.8. The zero-order valence-corrected chi connectivity index (χ0v) is 16.5. The van der Waals surface area contributed by atoms with Gasteiger partial charge < -0.3 is 10.6 Å². The standard InChI is InChI=1S/C22H18BrN3O2/c23-19-8-3-16(4-9-19)7-12-21(27)25-14-17-5-10-20(11-6-17)26-22(28)18-2-1-13-24-15-18/h1-13,15H,14H2,(H,25,27)(H,26,28)/b12-7+. The number of rotatable bonds is 6. The highest BCUT2D eigenvalue weighted by atomic mass is 79.9. The summed E-state index contributed by atoms with van der Waals surface area (Å²) in [5.41, 5.74) is 3.06. The van der Waals surface area contributed by atoms with Crippen molar-refractivity contribution in [1.29, 1.82) is 0 Å². The number of carbonyl (C=O) groups excluding carboxylic acids is 2. The lowest BCUT2D eigenvalue weighted by Gasteiger charge is -2.07. The van der Waals surface area contributed by atoms with Gasteiger partial charge in [0, 0.05) is 35.2 Å². The molecule has 0 bridgehead atoms. The van der Waals surface area contributed by atoms with Crippen LogP contribution < -0.4 is 10.6 Å². The topological polar surface area (TPSA) is 71.1 Å². The van der Waals surface area contributed by atoms with Gasteiger partial charge in [0.15, 0.2) is 0 Å². The van der Waals surface area contributed by atoms with E-state index in [1.165, 1.54) is 12.3 Å². The van der Waals surface area contributed by atoms with Gasteiger partial charge in [0.2, 0.25) is 5.91 Å². The quantitative estimate of drug-likeness (QED) is 0.562. The van der Waals surface area contributed by atoms with Gasteiger partial charge in [0.1, 0.15) is 0 Å². The van der Waals surface area contributed by atoms with Crippen LogP contribution in [0.2, 0.25) is 0 Å². The van der Waals surface area contributed by atoms with E-state index in [0.29, 0.717) is 17.8 Å². The molecule has 0 atom stereocenters. The lowest BCUT2D eigenvalue weighted by atomic mass is 10.2. The Morgan fingerprint density at radius 2 is 1.75 bits per heavy atom. The highest BCUT2D eigenvalue weighted by molar-refractivity contribution is 9.10. The van der Waals surface area contributed by atoms with Crippen LogP contribution in [0.5, 0.6) is 0 Å². The molecule has 3 aromatic rings. The zero-order valence-electron chi connectivity index (χ0n) is 14.9. The summed E-state index contributed by atoms with van der Waals surface area (Å²) in [6.07, 6.45) is 6.40. The molecule has 0 aliphatic rings. The Kier molecular flexibility index (Phi) is 6.70. The molecule has 0 spiro atoms. The number of carbonyl (C=O) groups is 2. The maximum Gasteiger partial charge on any atom is 0.257 e. The van der Waals surface area contributed by atoms with E-state index in [2.05, 4.69) is 31.5 Å². The molecule has 2 amide bonds. The van der Waals surface area contributed by atoms with Gasteiger partial charge in [0.05, 0.1) is 5.56 Å². The van der Waals surface area contributed by atoms with Crippen LogP contribution in [0.25, 0.3) is 6.08 Å². The fourth-order valence-electron chi connectivity index (χ4n) is 2.40. The second-order valence-electron chi connectivity index (χ2n) is 6.00. The number of aromatic nitrogens is 1. The fourth-order valence-corrected chi connectivity index (χ4v) is 2.66. The number of hydrogen-bond acceptors (Lipinski definition) is 3. The SMILES string of the molecule is O=C(/C=C/c1ccc(Br)cc1)NCc1ccc(NC(=O)c2cccnc2)cc1. The van der Waals surface area contributed by atoms with Crippen molar-refractivity contribution in [3.8, 4) is 0 Å². The molecule has 6 heteroatoms. The van der Waals surface area contributed by atoms with Crippen molar-refractivity contribution in [1.82, 2.24) is 10.3 Å². The summed E-state index contributed by atoms with van der Waals surface area (Å²) in [5, 5.41) is 5.65. The van der Waals surface area contributed by atoms with Crippen molar-refractivity contribution in [2.45, 2.75) is 6.54 Å². The molecule has 28 heavy (non-hydrogen) atoms. The number of anilines is 1. The Morgan fingerprint density at radius 3 is 2.43 bits per heavy atom. The number of pyridine rings is 1. The van der Waals surface area contributed by atoms with Gasteiger partial charge in [-0.3, -0.25) is 14.6 Å². The minimum Gasteiger partial charge on any atom is -0.348 e. The third-order valence-electron chi connectivity index (χ3n) is 3.90. The predicted molar refractivity (Wildman–Crippen MR) is 114 cm³/mol. The molecule has 0 saturated heterocycles. The summed E-state index contributed by atoms with van der Waals surface area (Å²) in [4.78, 5) is 28.0. The molecule has 140 valence electrons. The molecule has 2 N–H and O–H groups in total. The van der Waals surface area contributed by atoms with Gasteiger partial charge in [-0.25, -0.2) is 0 Å². The molecule has 0 aliphatic heterocycles. The minimum atomic E-state index is -0.216. The lowest BCUT2D eigenvalue weighted by molar-refractivity contribution is -0.116. The molecule has 5 nitrogen and oxygen atoms in total. The van der Waals surface area contributed by atoms with Crippen LogP contribution in [0.15, 0.2) is 83.6 Å². The van der Waals surface area contributed by atoms with Crippen LogP contribution in [0.4, 0.5) is 5.69 Å². The third-order valence-corrected chi connectivity index (χ3v) is 4.43. The summed E-state index contributed by atoms with van der Waals surface area (Å²) in [6.45, 7) is 0.403. The van der Waals surface area contributed by atoms with Gasteiger partial charge >= 0.3 is 0 Å². The predicted octanol–water partition coefficient (Wildman–Crippen LogP) is 4.43. The largest absolute Gasteiger partial charge is 0.348 e. The molecule has 3 rings (SSSR count). The van der Waals surface area contributed by atoms with Crippen molar-refractivity contribution in [3.05, 3.63) is 100 Å². The van der Waals surface area contributed by atoms with Crippen LogP contribution >= 0.6 is 15.9 Å². The second kappa shape index (κ2) is 9.62. The van der Waals surface area contributed by atoms with Gasteiger partial charge in [-0.15, -0.1) is 0 Å². The number of nitrogens with one attached hydrogen (secondary N) is 2. The molecule has 0 fully saturated rings. The Hall–Kier alpha value is -3.25. The molecule has 0 unspecified atom stereocenters. The maximum atomic E-state index is 12.1. The molecule has 0 aliphatic carbocycles. The minimum absolute atomic E-state index is 0.170. The van der Waals surface area contributed by atoms with Crippen molar-refractivity contribution >= 4 is 39.5 Å². The first-order valence-corrected chi connectivity index (χ1v) is 9.41. The highest BCUT2D eigenvalue weighted by Gasteiger charge is 2.05. The van der Waals surface area contributed by atoms with Gasteiger partial charge in [-0.1, -0.05) is 40.2 Å². The van der Waals surface area contributed by atoms with Crippen LogP contribution in [0, 0.1) is 0 Å². The normalized spacial score (nSPS) is 10.6. The van der Waals surface area contributed by atoms with E-state index in [0.717, 1.165) is 15.6 Å². The average molecular weight is 436 g/mol. The number of amides is 2. The van der Waals surface area contributed by atoms with E-state index in [-0.39, 0.29) is 11.8 Å². The molecule has 1 heterocycles. The van der Waals surface area contributed by atoms with Crippen molar-refractivity contribution in [2.75, 3.05) is 5.32 Å². The number of benzene rings is 2. The summed E-state index contributed by atoms with van der Waals surface area (Å²) in [5.74, 6) is -0.385. The van der Waals surface area contributed by atoms with Crippen LogP contribution in [0.1, 0.15) is 21.5 Å². The molecular weight excluding hydrogens is 418 g/mol. The van der Waals surface area contributed by atoms with Gasteiger partial charge in [-0.2, -0.15) is 0 Å². The van der Waals surface area contributed by atoms with Crippen molar-refractivity contribution in [3.63, 3.8) is 0 Å². The number of halogens is 1. The van der Waals surface area contributed by atoms with Crippen LogP contribution in [-0.4, -0.2) is 16.8 Å². The smallest absolute Gasteiger partial charge is 0.257 e. The fraction of sp³-hybridized carbons (Fsp3) is 0.0455. The first-order chi connectivity index (χ1) is 13.6. The van der Waals surface area contributed by atoms with E-state index in [9.17, 15) is 9.59 Å². The van der Waals surface area contributed by atoms with Crippen LogP contribution in [0.3, 0.4) is 0 Å². The van der Waals surface area contributed by atoms with Gasteiger partial charge in [0.25, 0.3) is 5.91 Å². The van der Waals surface area contributed by atoms with Crippen LogP contribution in [-0.2, 0) is 11.3 Å². The van der Waals surface area contributed by atoms with Gasteiger partial charge in [-0.05, 0) is 53.6 Å². The Labute approximate surface area is 171 Å². The third kappa shape index (κ3) is 5.89. The summed E-state index contributed by atoms with van der Waals surface area (Å²) < 4.78 is 0.995. The van der Waals surface area contributed by atoms with E-state index < -0.39 is 0 Å². The maximum absolute atomic E-state index is 12.1. The Morgan fingerprint density at radius 1 is 1.00 bits per heavy atom. The molecule has 2 aromatic carbocycles. The van der Waals surface area contributed by atoms with E-state index >= 15 is 0 Å². The molecular formula is C22H18BrN3O2. The lowest BCUT2D eigenvalue weighted by Crippen LogP contribution is -2.20. The van der Waals surface area contributed by atoms with E-state index in [4.69, 9.17) is 0 Å². The Balaban J connectivity index is 1.49. The first kappa shape index (κ1) is 19.5. The van der Waals surface area contributed by atoms with E-state index in [1.54, 1.807) is 36.5 Å². The number of nitrogens with zero attached hydrogens (tertiary/aromatic N) is 1. The molecule has 0 saturated carbocycles. The van der Waals surface area contributed by atoms with Crippen molar-refractivity contribution in [2.24, 2.45) is 0 Å². The first-order valence-electron chi connectivity index (χ1n) is 8.62. The highest BCUT2D eigenvalue weighted by Crippen LogP contribution is 2.12.